The molecule has 0 amide bonds. The summed E-state index contributed by atoms with van der Waals surface area (Å²) < 4.78 is 7.02. The van der Waals surface area contributed by atoms with Crippen molar-refractivity contribution in [3.8, 4) is 0 Å². The van der Waals surface area contributed by atoms with Crippen LogP contribution >= 0.6 is 34.0 Å². The molecule has 0 atom stereocenters. The number of imidazole rings is 3. The molecular formula is C78H91N15S3. The third-order valence-corrected chi connectivity index (χ3v) is 19.8. The molecule has 0 spiro atoms. The molecular weight excluding hydrogens is 1240 g/mol. The molecule has 6 aromatic carbocycles. The topological polar surface area (TPSA) is 178 Å². The highest BCUT2D eigenvalue weighted by molar-refractivity contribution is 7.12. The average molecular weight is 1330 g/mol. The summed E-state index contributed by atoms with van der Waals surface area (Å²) in [6, 6.07) is 57.5. The first-order valence-electron chi connectivity index (χ1n) is 33.3. The van der Waals surface area contributed by atoms with Gasteiger partial charge in [0.25, 0.3) is 0 Å². The Morgan fingerprint density at radius 2 is 0.792 bits per heavy atom. The van der Waals surface area contributed by atoms with Crippen LogP contribution in [0.5, 0.6) is 0 Å². The Hall–Kier alpha value is -8.88. The van der Waals surface area contributed by atoms with Gasteiger partial charge in [-0.3, -0.25) is 0 Å². The van der Waals surface area contributed by atoms with E-state index in [0.717, 1.165) is 153 Å². The smallest absolute Gasteiger partial charge is 0.141 e. The second kappa shape index (κ2) is 32.2. The minimum absolute atomic E-state index is 0.536. The van der Waals surface area contributed by atoms with Gasteiger partial charge in [0.1, 0.15) is 35.0 Å². The van der Waals surface area contributed by atoms with Gasteiger partial charge in [-0.2, -0.15) is 0 Å². The number of nitrogens with two attached hydrogens (primary N) is 3. The molecule has 1 fully saturated rings. The fourth-order valence-corrected chi connectivity index (χ4v) is 13.5. The quantitative estimate of drug-likeness (QED) is 0.0371. The summed E-state index contributed by atoms with van der Waals surface area (Å²) in [6.07, 6.45) is 7.40. The number of hydrogen-bond donors (Lipinski definition) is 3. The van der Waals surface area contributed by atoms with Crippen LogP contribution in [0.4, 0.5) is 17.1 Å². The number of likely N-dealkylation sites (N-methyl/N-ethyl adjacent to an activating group) is 3. The number of aryl methyl sites for hydroxylation is 1. The lowest BCUT2D eigenvalue weighted by Gasteiger charge is -2.14. The molecule has 1 saturated carbocycles. The SMILES string of the molecule is CC(C)c1ccc(Cc2nc3cc(N=C(N)c4cccs4)ccc3n2CCN(C)C)cc1.CCCc1ccc(Cc2nc3cc(N=C(N)c4cccs4)ccc3n2CCN(C)C)cc1.CN(C)CCn1c(Cc2ccc(C3CC3)cc2)nc2cc(N=C(N)c3cccs3)ccc21. The number of amidine groups is 3. The average Bonchev–Trinajstić information content (AvgIpc) is 1.65. The van der Waals surface area contributed by atoms with Crippen LogP contribution in [0.15, 0.2) is 195 Å². The van der Waals surface area contributed by atoms with E-state index in [1.165, 1.54) is 52.6 Å². The molecule has 0 aliphatic heterocycles. The van der Waals surface area contributed by atoms with E-state index < -0.39 is 0 Å². The number of hydrogen-bond acceptors (Lipinski definition) is 12. The van der Waals surface area contributed by atoms with Gasteiger partial charge in [0.05, 0.1) is 64.8 Å². The highest BCUT2D eigenvalue weighted by Crippen LogP contribution is 2.40. The van der Waals surface area contributed by atoms with Crippen molar-refractivity contribution in [2.75, 3.05) is 61.9 Å². The summed E-state index contributed by atoms with van der Waals surface area (Å²) in [5.41, 5.74) is 35.5. The largest absolute Gasteiger partial charge is 0.383 e. The normalized spacial score (nSPS) is 13.0. The molecule has 15 nitrogen and oxygen atoms in total. The Balaban J connectivity index is 0.000000146. The van der Waals surface area contributed by atoms with Crippen molar-refractivity contribution >= 4 is 102 Å². The van der Waals surface area contributed by atoms with Crippen molar-refractivity contribution in [2.24, 2.45) is 32.2 Å². The minimum Gasteiger partial charge on any atom is -0.383 e. The Morgan fingerprint density at radius 1 is 0.458 bits per heavy atom. The summed E-state index contributed by atoms with van der Waals surface area (Å²) >= 11 is 4.79. The molecule has 13 rings (SSSR count). The number of aliphatic imine (C=N–C) groups is 3. The van der Waals surface area contributed by atoms with E-state index in [2.05, 4.69) is 197 Å². The molecule has 18 heteroatoms. The molecule has 0 saturated heterocycles. The molecule has 96 heavy (non-hydrogen) atoms. The van der Waals surface area contributed by atoms with E-state index in [1.807, 2.05) is 88.9 Å². The Morgan fingerprint density at radius 3 is 1.09 bits per heavy atom. The zero-order valence-electron chi connectivity index (χ0n) is 57.0. The lowest BCUT2D eigenvalue weighted by atomic mass is 10.0. The summed E-state index contributed by atoms with van der Waals surface area (Å²) in [5.74, 6) is 6.19. The fraction of sp³-hybridized carbons (Fsp3) is 0.308. The predicted molar refractivity (Wildman–Crippen MR) is 407 cm³/mol. The maximum atomic E-state index is 6.20. The van der Waals surface area contributed by atoms with Gasteiger partial charge in [-0.1, -0.05) is 118 Å². The van der Waals surface area contributed by atoms with E-state index in [9.17, 15) is 0 Å². The standard InChI is InChI=1S/C26H29N5S.2C26H31N5S/c1-30(2)13-14-31-23-12-11-21(28-26(27)24-4-3-15-32-24)17-22(23)29-25(31)16-18-5-7-19(8-6-18)20-9-10-20;1-18(2)20-9-7-19(8-10-20)16-25-29-22-17-21(28-26(27)24-6-5-15-32-24)11-12-23(22)31(25)14-13-30(3)4;1-4-6-19-8-10-20(11-9-19)17-25-29-22-18-21(28-26(27)24-7-5-16-32-24)12-13-23(22)31(25)15-14-30(2)3/h3-8,11-12,15,17,20H,9-10,13-14,16H2,1-2H3,(H2,27,28);5-12,15,17-18H,13-14,16H2,1-4H3,(H2,27,28);5,7-13,16,18H,4,6,14-15,17H2,1-3H3,(H2,27,28). The summed E-state index contributed by atoms with van der Waals surface area (Å²) in [6.45, 7) is 12.2. The second-order valence-electron chi connectivity index (χ2n) is 25.9. The van der Waals surface area contributed by atoms with Gasteiger partial charge in [-0.25, -0.2) is 29.9 Å². The number of nitrogens with zero attached hydrogens (tertiary/aromatic N) is 12. The minimum atomic E-state index is 0.536. The van der Waals surface area contributed by atoms with Crippen LogP contribution in [0.25, 0.3) is 33.1 Å². The molecule has 0 bridgehead atoms. The number of rotatable bonds is 25. The number of thiophene rings is 3. The maximum absolute atomic E-state index is 6.20. The van der Waals surface area contributed by atoms with Crippen LogP contribution < -0.4 is 17.2 Å². The highest BCUT2D eigenvalue weighted by Gasteiger charge is 2.23. The molecule has 1 aliphatic carbocycles. The van der Waals surface area contributed by atoms with Crippen molar-refractivity contribution < 1.29 is 0 Å². The van der Waals surface area contributed by atoms with E-state index in [4.69, 9.17) is 32.2 Å². The molecule has 6 N–H and O–H groups in total. The molecule has 0 radical (unpaired) electrons. The van der Waals surface area contributed by atoms with E-state index in [0.29, 0.717) is 23.4 Å². The lowest BCUT2D eigenvalue weighted by molar-refractivity contribution is 0.384. The molecule has 6 aromatic heterocycles. The van der Waals surface area contributed by atoms with Gasteiger partial charge in [-0.15, -0.1) is 34.0 Å². The zero-order chi connectivity index (χ0) is 67.2. The van der Waals surface area contributed by atoms with Crippen LogP contribution in [0, 0.1) is 0 Å². The first kappa shape index (κ1) is 68.5. The van der Waals surface area contributed by atoms with Crippen molar-refractivity contribution in [2.45, 2.75) is 97.2 Å². The Bertz CT molecular complexity index is 4360. The summed E-state index contributed by atoms with van der Waals surface area (Å²) in [7, 11) is 12.6. The van der Waals surface area contributed by atoms with Gasteiger partial charge < -0.3 is 45.6 Å². The summed E-state index contributed by atoms with van der Waals surface area (Å²) in [4.78, 5) is 38.5. The molecule has 0 unspecified atom stereocenters. The maximum Gasteiger partial charge on any atom is 0.141 e. The fourth-order valence-electron chi connectivity index (χ4n) is 11.6. The number of fused-ring (bicyclic) bond motifs is 3. The second-order valence-corrected chi connectivity index (χ2v) is 28.7. The monoisotopic (exact) mass is 1330 g/mol. The summed E-state index contributed by atoms with van der Waals surface area (Å²) in [5, 5.41) is 6.03. The van der Waals surface area contributed by atoms with Gasteiger partial charge in [0.15, 0.2) is 0 Å². The van der Waals surface area contributed by atoms with Crippen molar-refractivity contribution in [3.05, 3.63) is 245 Å². The first-order chi connectivity index (χ1) is 46.5. The van der Waals surface area contributed by atoms with Gasteiger partial charge in [0.2, 0.25) is 0 Å². The van der Waals surface area contributed by atoms with Crippen molar-refractivity contribution in [1.29, 1.82) is 0 Å². The third kappa shape index (κ3) is 18.2. The van der Waals surface area contributed by atoms with Crippen LogP contribution in [-0.2, 0) is 45.3 Å². The molecule has 6 heterocycles. The Labute approximate surface area is 578 Å². The van der Waals surface area contributed by atoms with Crippen LogP contribution in [0.3, 0.4) is 0 Å². The molecule has 496 valence electrons. The van der Waals surface area contributed by atoms with E-state index in [-0.39, 0.29) is 0 Å². The van der Waals surface area contributed by atoms with Crippen molar-refractivity contribution in [3.63, 3.8) is 0 Å². The van der Waals surface area contributed by atoms with Crippen molar-refractivity contribution in [1.82, 2.24) is 43.4 Å². The molecule has 12 aromatic rings. The van der Waals surface area contributed by atoms with Gasteiger partial charge in [-0.05, 0) is 196 Å². The number of benzene rings is 6. The predicted octanol–water partition coefficient (Wildman–Crippen LogP) is 15.8. The van der Waals surface area contributed by atoms with Gasteiger partial charge in [0, 0.05) is 58.5 Å². The number of aromatic nitrogens is 6. The van der Waals surface area contributed by atoms with E-state index >= 15 is 0 Å². The van der Waals surface area contributed by atoms with Crippen LogP contribution in [0.1, 0.15) is 117 Å². The molecule has 1 aliphatic rings. The lowest BCUT2D eigenvalue weighted by Crippen LogP contribution is -2.19. The van der Waals surface area contributed by atoms with Gasteiger partial charge >= 0.3 is 0 Å². The van der Waals surface area contributed by atoms with Crippen LogP contribution in [-0.4, -0.2) is 123 Å². The zero-order valence-corrected chi connectivity index (χ0v) is 59.4. The third-order valence-electron chi connectivity index (χ3n) is 17.1. The van der Waals surface area contributed by atoms with Crippen LogP contribution in [0.2, 0.25) is 0 Å². The Kier molecular flexibility index (Phi) is 23.0. The highest BCUT2D eigenvalue weighted by atomic mass is 32.1. The van der Waals surface area contributed by atoms with E-state index in [1.54, 1.807) is 34.0 Å². The first-order valence-corrected chi connectivity index (χ1v) is 36.0.